The summed E-state index contributed by atoms with van der Waals surface area (Å²) in [5, 5.41) is 15.9. The molecule has 69 heavy (non-hydrogen) atoms. The highest BCUT2D eigenvalue weighted by Crippen LogP contribution is 2.48. The molecule has 0 aliphatic carbocycles. The van der Waals surface area contributed by atoms with Crippen LogP contribution < -0.4 is 0 Å². The molecule has 1 aliphatic heterocycles. The van der Waals surface area contributed by atoms with Crippen LogP contribution in [0.4, 0.5) is 0 Å². The van der Waals surface area contributed by atoms with Crippen LogP contribution in [0.2, 0.25) is 0 Å². The van der Waals surface area contributed by atoms with Crippen LogP contribution in [0.1, 0.15) is 40.7 Å². The Morgan fingerprint density at radius 3 is 1.51 bits per heavy atom. The van der Waals surface area contributed by atoms with Gasteiger partial charge in [-0.25, -0.2) is 0 Å². The molecule has 1 atom stereocenters. The summed E-state index contributed by atoms with van der Waals surface area (Å²) in [6, 6.07) is 82.4. The number of hydrogen-bond donors (Lipinski definition) is 0. The molecule has 0 fully saturated rings. The van der Waals surface area contributed by atoms with Crippen molar-refractivity contribution in [1.29, 1.82) is 0 Å². The first-order valence-electron chi connectivity index (χ1n) is 24.2. The Bertz CT molecular complexity index is 4210. The van der Waals surface area contributed by atoms with Crippen molar-refractivity contribution < 1.29 is 0 Å². The normalized spacial score (nSPS) is 14.1. The molecule has 0 saturated carbocycles. The number of benzene rings is 13. The van der Waals surface area contributed by atoms with Gasteiger partial charge in [0.25, 0.3) is 0 Å². The molecule has 0 nitrogen and oxygen atoms in total. The maximum absolute atomic E-state index is 2.39. The van der Waals surface area contributed by atoms with E-state index < -0.39 is 0 Å². The Morgan fingerprint density at radius 1 is 0.391 bits per heavy atom. The summed E-state index contributed by atoms with van der Waals surface area (Å²) < 4.78 is 0. The van der Waals surface area contributed by atoms with Gasteiger partial charge < -0.3 is 0 Å². The van der Waals surface area contributed by atoms with E-state index in [1.807, 2.05) is 11.8 Å². The van der Waals surface area contributed by atoms with Gasteiger partial charge in [-0.05, 0) is 175 Å². The number of fused-ring (bicyclic) bond motifs is 1. The van der Waals surface area contributed by atoms with E-state index in [1.165, 1.54) is 147 Å². The molecule has 1 unspecified atom stereocenters. The van der Waals surface area contributed by atoms with Crippen LogP contribution in [0.15, 0.2) is 229 Å². The second-order valence-electron chi connectivity index (χ2n) is 19.0. The first-order chi connectivity index (χ1) is 34.1. The van der Waals surface area contributed by atoms with E-state index in [2.05, 4.69) is 238 Å². The number of hydrogen-bond acceptors (Lipinski definition) is 1. The van der Waals surface area contributed by atoms with Gasteiger partial charge >= 0.3 is 0 Å². The minimum atomic E-state index is 0.401. The Labute approximate surface area is 406 Å². The minimum Gasteiger partial charge on any atom is -0.125 e. The van der Waals surface area contributed by atoms with Gasteiger partial charge in [-0.1, -0.05) is 206 Å². The molecule has 0 spiro atoms. The minimum absolute atomic E-state index is 0.401. The van der Waals surface area contributed by atoms with Gasteiger partial charge in [-0.2, -0.15) is 0 Å². The first-order valence-corrected chi connectivity index (χ1v) is 25.2. The summed E-state index contributed by atoms with van der Waals surface area (Å²) in [4.78, 5) is 1.42. The van der Waals surface area contributed by atoms with Gasteiger partial charge in [0.05, 0.1) is 0 Å². The van der Waals surface area contributed by atoms with Crippen LogP contribution in [0.5, 0.6) is 0 Å². The van der Waals surface area contributed by atoms with Crippen LogP contribution in [0.3, 0.4) is 0 Å². The van der Waals surface area contributed by atoms with E-state index in [0.717, 1.165) is 5.75 Å². The summed E-state index contributed by atoms with van der Waals surface area (Å²) >= 11 is 1.99. The van der Waals surface area contributed by atoms with Gasteiger partial charge in [0.1, 0.15) is 0 Å². The standard InChI is InChI=1S/C68H46S/c1-3-52(53-15-5-4-10-41(53)2)56-32-24-46-26-34-59-54(30-22-44-28-36-61(56)67(46)65(44)59)50-13-8-11-48(38-50)42-18-20-43(21-19-42)49-12-9-14-51(39-49)55-31-23-45-29-37-62-57(63-40-69-64-17-7-6-16-58(63)64)33-25-47-27-35-60(55)66(45)68(47)62/h3-39,63H,40H2,1-2H3/b52-3+. The predicted molar refractivity (Wildman–Crippen MR) is 299 cm³/mol. The van der Waals surface area contributed by atoms with E-state index in [0.29, 0.717) is 5.92 Å². The lowest BCUT2D eigenvalue weighted by atomic mass is 9.84. The summed E-state index contributed by atoms with van der Waals surface area (Å²) in [6.45, 7) is 4.37. The molecule has 0 aromatic heterocycles. The Hall–Kier alpha value is -7.97. The maximum Gasteiger partial charge on any atom is 0.0201 e. The fraction of sp³-hybridized carbons (Fsp3) is 0.0588. The predicted octanol–water partition coefficient (Wildman–Crippen LogP) is 19.1. The van der Waals surface area contributed by atoms with Crippen molar-refractivity contribution in [3.05, 3.63) is 252 Å². The van der Waals surface area contributed by atoms with E-state index in [9.17, 15) is 0 Å². The lowest BCUT2D eigenvalue weighted by molar-refractivity contribution is 0.949. The fourth-order valence-electron chi connectivity index (χ4n) is 12.0. The quantitative estimate of drug-likeness (QED) is 0.144. The van der Waals surface area contributed by atoms with Crippen molar-refractivity contribution in [2.45, 2.75) is 24.7 Å². The van der Waals surface area contributed by atoms with Crippen molar-refractivity contribution >= 4 is 82.0 Å². The zero-order chi connectivity index (χ0) is 45.7. The van der Waals surface area contributed by atoms with Gasteiger partial charge in [-0.15, -0.1) is 11.8 Å². The van der Waals surface area contributed by atoms with Crippen molar-refractivity contribution in [3.8, 4) is 44.5 Å². The monoisotopic (exact) mass is 894 g/mol. The number of allylic oxidation sites excluding steroid dienone is 1. The van der Waals surface area contributed by atoms with Gasteiger partial charge in [-0.3, -0.25) is 0 Å². The first kappa shape index (κ1) is 40.1. The summed E-state index contributed by atoms with van der Waals surface area (Å²) in [5.41, 5.74) is 17.9. The van der Waals surface area contributed by atoms with Gasteiger partial charge in [0.2, 0.25) is 0 Å². The molecule has 1 heteroatoms. The fourth-order valence-corrected chi connectivity index (χ4v) is 13.3. The van der Waals surface area contributed by atoms with Crippen LogP contribution in [-0.2, 0) is 0 Å². The van der Waals surface area contributed by atoms with Crippen molar-refractivity contribution in [1.82, 2.24) is 0 Å². The molecule has 1 heterocycles. The van der Waals surface area contributed by atoms with E-state index in [-0.39, 0.29) is 0 Å². The Balaban J connectivity index is 0.799. The highest BCUT2D eigenvalue weighted by molar-refractivity contribution is 7.99. The molecule has 13 aromatic rings. The second kappa shape index (κ2) is 15.8. The van der Waals surface area contributed by atoms with Crippen LogP contribution in [-0.4, -0.2) is 5.75 Å². The average Bonchev–Trinajstić information content (AvgIpc) is 3.84. The molecule has 324 valence electrons. The summed E-state index contributed by atoms with van der Waals surface area (Å²) in [5.74, 6) is 1.49. The number of rotatable bonds is 7. The molecule has 0 saturated heterocycles. The van der Waals surface area contributed by atoms with Gasteiger partial charge in [0.15, 0.2) is 0 Å². The molecule has 0 bridgehead atoms. The summed E-state index contributed by atoms with van der Waals surface area (Å²) in [7, 11) is 0. The molecular weight excluding hydrogens is 849 g/mol. The van der Waals surface area contributed by atoms with Crippen LogP contribution in [0, 0.1) is 6.92 Å². The highest BCUT2D eigenvalue weighted by atomic mass is 32.2. The smallest absolute Gasteiger partial charge is 0.0201 e. The second-order valence-corrected chi connectivity index (χ2v) is 20.1. The van der Waals surface area contributed by atoms with Crippen LogP contribution >= 0.6 is 11.8 Å². The molecule has 1 aliphatic rings. The van der Waals surface area contributed by atoms with Crippen molar-refractivity contribution in [2.24, 2.45) is 0 Å². The lowest BCUT2D eigenvalue weighted by Gasteiger charge is -2.19. The largest absolute Gasteiger partial charge is 0.125 e. The molecular formula is C68H46S. The SMILES string of the molecule is C/C=C(\c1ccccc1C)c1ccc2ccc3c(-c4cccc(-c5ccc(-c6cccc(-c7ccc8ccc9c(C%10CSc%11ccccc%11%10)ccc%10ccc7c8c%109)c6)cc5)c4)ccc4ccc1c2c43. The summed E-state index contributed by atoms with van der Waals surface area (Å²) in [6.07, 6.45) is 2.27. The zero-order valence-corrected chi connectivity index (χ0v) is 39.4. The number of aryl methyl sites for hydroxylation is 1. The maximum atomic E-state index is 2.39. The van der Waals surface area contributed by atoms with Crippen molar-refractivity contribution in [2.75, 3.05) is 5.75 Å². The van der Waals surface area contributed by atoms with Crippen molar-refractivity contribution in [3.63, 3.8) is 0 Å². The molecule has 0 amide bonds. The third kappa shape index (κ3) is 6.31. The molecule has 0 N–H and O–H groups in total. The molecule has 0 radical (unpaired) electrons. The highest BCUT2D eigenvalue weighted by Gasteiger charge is 2.27. The van der Waals surface area contributed by atoms with E-state index in [1.54, 1.807) is 0 Å². The third-order valence-electron chi connectivity index (χ3n) is 15.4. The zero-order valence-electron chi connectivity index (χ0n) is 38.6. The van der Waals surface area contributed by atoms with E-state index >= 15 is 0 Å². The van der Waals surface area contributed by atoms with Gasteiger partial charge in [0, 0.05) is 16.6 Å². The Kier molecular flexibility index (Phi) is 9.19. The topological polar surface area (TPSA) is 0 Å². The third-order valence-corrected chi connectivity index (χ3v) is 16.5. The van der Waals surface area contributed by atoms with Crippen LogP contribution in [0.25, 0.3) is 115 Å². The molecule has 14 rings (SSSR count). The number of thioether (sulfide) groups is 1. The lowest BCUT2D eigenvalue weighted by Crippen LogP contribution is -2.01. The van der Waals surface area contributed by atoms with E-state index in [4.69, 9.17) is 0 Å². The average molecular weight is 895 g/mol. The molecule has 13 aromatic carbocycles. The Morgan fingerprint density at radius 2 is 0.884 bits per heavy atom.